The Morgan fingerprint density at radius 3 is 2.52 bits per heavy atom. The van der Waals surface area contributed by atoms with E-state index in [1.165, 1.54) is 23.9 Å². The number of carbonyl (C=O) groups excluding carboxylic acids is 1. The Bertz CT molecular complexity index is 765. The lowest BCUT2D eigenvalue weighted by atomic mass is 9.92. The normalized spacial score (nSPS) is 17.9. The lowest BCUT2D eigenvalue weighted by Gasteiger charge is -2.17. The van der Waals surface area contributed by atoms with Crippen LogP contribution in [-0.4, -0.2) is 24.8 Å². The number of halogens is 1. The lowest BCUT2D eigenvalue weighted by Crippen LogP contribution is -2.10. The lowest BCUT2D eigenvalue weighted by molar-refractivity contribution is 0.0600. The first-order chi connectivity index (χ1) is 12.1. The maximum Gasteiger partial charge on any atom is 0.337 e. The molecule has 2 atom stereocenters. The van der Waals surface area contributed by atoms with Crippen molar-refractivity contribution in [3.63, 3.8) is 0 Å². The van der Waals surface area contributed by atoms with Crippen LogP contribution >= 0.6 is 11.6 Å². The van der Waals surface area contributed by atoms with Gasteiger partial charge in [0, 0.05) is 23.1 Å². The third-order valence-corrected chi connectivity index (χ3v) is 5.09. The van der Waals surface area contributed by atoms with Crippen molar-refractivity contribution in [2.75, 3.05) is 7.11 Å². The molecule has 0 radical (unpaired) electrons. The highest BCUT2D eigenvalue weighted by Crippen LogP contribution is 2.30. The number of carbonyl (C=O) groups is 1. The molecule has 1 heterocycles. The quantitative estimate of drug-likeness (QED) is 0.702. The second-order valence-corrected chi connectivity index (χ2v) is 6.94. The topological polar surface area (TPSA) is 38.7 Å². The van der Waals surface area contributed by atoms with E-state index in [1.807, 2.05) is 36.4 Å². The van der Waals surface area contributed by atoms with Crippen LogP contribution in [0.15, 0.2) is 53.5 Å². The zero-order chi connectivity index (χ0) is 17.8. The number of nitrogens with zero attached hydrogens (tertiary/aromatic N) is 1. The molecule has 1 aliphatic rings. The summed E-state index contributed by atoms with van der Waals surface area (Å²) in [6, 6.07) is 16.0. The van der Waals surface area contributed by atoms with Crippen LogP contribution in [0, 0.1) is 0 Å². The predicted molar refractivity (Wildman–Crippen MR) is 102 cm³/mol. The first-order valence-electron chi connectivity index (χ1n) is 8.55. The van der Waals surface area contributed by atoms with Gasteiger partial charge in [0.15, 0.2) is 0 Å². The largest absolute Gasteiger partial charge is 0.465 e. The molecule has 0 spiro atoms. The van der Waals surface area contributed by atoms with Gasteiger partial charge in [0.2, 0.25) is 0 Å². The van der Waals surface area contributed by atoms with E-state index in [0.717, 1.165) is 24.3 Å². The number of hydrogen-bond acceptors (Lipinski definition) is 3. The van der Waals surface area contributed by atoms with Gasteiger partial charge in [-0.05, 0) is 48.2 Å². The summed E-state index contributed by atoms with van der Waals surface area (Å²) in [6.07, 6.45) is 2.95. The molecule has 0 N–H and O–H groups in total. The van der Waals surface area contributed by atoms with Crippen LogP contribution in [0.4, 0.5) is 0 Å². The molecule has 0 unspecified atom stereocenters. The maximum atomic E-state index is 11.5. The van der Waals surface area contributed by atoms with Gasteiger partial charge in [0.25, 0.3) is 0 Å². The van der Waals surface area contributed by atoms with Crippen molar-refractivity contribution in [3.8, 4) is 0 Å². The van der Waals surface area contributed by atoms with Gasteiger partial charge in [0.1, 0.15) is 0 Å². The Morgan fingerprint density at radius 2 is 1.88 bits per heavy atom. The summed E-state index contributed by atoms with van der Waals surface area (Å²) in [6.45, 7) is 2.23. The molecule has 0 aromatic heterocycles. The maximum absolute atomic E-state index is 11.5. The van der Waals surface area contributed by atoms with Crippen molar-refractivity contribution in [1.29, 1.82) is 0 Å². The van der Waals surface area contributed by atoms with Crippen molar-refractivity contribution in [2.24, 2.45) is 4.99 Å². The molecule has 0 fully saturated rings. The Labute approximate surface area is 153 Å². The van der Waals surface area contributed by atoms with Crippen LogP contribution in [0.2, 0.25) is 5.02 Å². The van der Waals surface area contributed by atoms with Crippen LogP contribution in [0.5, 0.6) is 0 Å². The first kappa shape index (κ1) is 17.7. The van der Waals surface area contributed by atoms with Gasteiger partial charge < -0.3 is 4.74 Å². The molecule has 2 aromatic rings. The highest BCUT2D eigenvalue weighted by molar-refractivity contribution is 6.30. The van der Waals surface area contributed by atoms with Crippen molar-refractivity contribution in [3.05, 3.63) is 70.2 Å². The molecule has 0 saturated heterocycles. The van der Waals surface area contributed by atoms with E-state index in [4.69, 9.17) is 21.3 Å². The molecule has 0 saturated carbocycles. The van der Waals surface area contributed by atoms with E-state index in [2.05, 4.69) is 19.1 Å². The zero-order valence-electron chi connectivity index (χ0n) is 14.5. The number of benzene rings is 2. The monoisotopic (exact) mass is 355 g/mol. The van der Waals surface area contributed by atoms with Crippen molar-refractivity contribution >= 4 is 23.3 Å². The van der Waals surface area contributed by atoms with Gasteiger partial charge in [0.05, 0.1) is 18.7 Å². The summed E-state index contributed by atoms with van der Waals surface area (Å²) in [5, 5.41) is 0.766. The van der Waals surface area contributed by atoms with Crippen LogP contribution in [0.1, 0.15) is 47.2 Å². The van der Waals surface area contributed by atoms with E-state index < -0.39 is 0 Å². The number of hydrogen-bond donors (Lipinski definition) is 0. The van der Waals surface area contributed by atoms with Gasteiger partial charge in [-0.3, -0.25) is 4.99 Å². The molecule has 4 heteroatoms. The van der Waals surface area contributed by atoms with Crippen LogP contribution < -0.4 is 0 Å². The Balaban J connectivity index is 1.65. The SMILES string of the molecule is COC(=O)c1ccc(CC2=N[C@@H]([C@H](C)c3ccc(Cl)cc3)CC2)cc1. The molecule has 25 heavy (non-hydrogen) atoms. The fourth-order valence-corrected chi connectivity index (χ4v) is 3.40. The first-order valence-corrected chi connectivity index (χ1v) is 8.93. The predicted octanol–water partition coefficient (Wildman–Crippen LogP) is 5.08. The highest BCUT2D eigenvalue weighted by Gasteiger charge is 2.24. The number of aliphatic imine (C=N–C) groups is 1. The number of rotatable bonds is 5. The van der Waals surface area contributed by atoms with E-state index in [0.29, 0.717) is 17.5 Å². The summed E-state index contributed by atoms with van der Waals surface area (Å²) in [7, 11) is 1.39. The third-order valence-electron chi connectivity index (χ3n) is 4.83. The van der Waals surface area contributed by atoms with Crippen LogP contribution in [0.25, 0.3) is 0 Å². The fourth-order valence-electron chi connectivity index (χ4n) is 3.27. The third kappa shape index (κ3) is 4.29. The standard InChI is InChI=1S/C21H22ClNO2/c1-14(16-7-9-18(22)10-8-16)20-12-11-19(23-20)13-15-3-5-17(6-4-15)21(24)25-2/h3-10,14,20H,11-13H2,1-2H3/t14-,20-/m1/s1. The summed E-state index contributed by atoms with van der Waals surface area (Å²) in [5.41, 5.74) is 4.26. The molecule has 130 valence electrons. The van der Waals surface area contributed by atoms with Gasteiger partial charge in [-0.15, -0.1) is 0 Å². The number of esters is 1. The minimum absolute atomic E-state index is 0.304. The zero-order valence-corrected chi connectivity index (χ0v) is 15.3. The Hall–Kier alpha value is -2.13. The molecule has 0 amide bonds. The summed E-state index contributed by atoms with van der Waals surface area (Å²) in [4.78, 5) is 16.4. The molecular formula is C21H22ClNO2. The van der Waals surface area contributed by atoms with Crippen LogP contribution in [0.3, 0.4) is 0 Å². The summed E-state index contributed by atoms with van der Waals surface area (Å²) < 4.78 is 4.73. The average Bonchev–Trinajstić information content (AvgIpc) is 3.10. The van der Waals surface area contributed by atoms with Gasteiger partial charge in [-0.1, -0.05) is 42.8 Å². The highest BCUT2D eigenvalue weighted by atomic mass is 35.5. The number of methoxy groups -OCH3 is 1. The second kappa shape index (κ2) is 7.83. The average molecular weight is 356 g/mol. The number of ether oxygens (including phenoxy) is 1. The van der Waals surface area contributed by atoms with Gasteiger partial charge in [-0.2, -0.15) is 0 Å². The second-order valence-electron chi connectivity index (χ2n) is 6.51. The van der Waals surface area contributed by atoms with E-state index >= 15 is 0 Å². The molecule has 1 aliphatic heterocycles. The molecule has 0 aliphatic carbocycles. The molecule has 3 nitrogen and oxygen atoms in total. The minimum atomic E-state index is -0.304. The van der Waals surface area contributed by atoms with E-state index in [1.54, 1.807) is 0 Å². The fraction of sp³-hybridized carbons (Fsp3) is 0.333. The summed E-state index contributed by atoms with van der Waals surface area (Å²) >= 11 is 5.97. The van der Waals surface area contributed by atoms with Crippen LogP contribution in [-0.2, 0) is 11.2 Å². The Kier molecular flexibility index (Phi) is 5.54. The molecule has 3 rings (SSSR count). The van der Waals surface area contributed by atoms with Gasteiger partial charge in [-0.25, -0.2) is 4.79 Å². The van der Waals surface area contributed by atoms with Crippen molar-refractivity contribution < 1.29 is 9.53 Å². The van der Waals surface area contributed by atoms with E-state index in [-0.39, 0.29) is 5.97 Å². The molecule has 0 bridgehead atoms. The Morgan fingerprint density at radius 1 is 1.20 bits per heavy atom. The minimum Gasteiger partial charge on any atom is -0.465 e. The van der Waals surface area contributed by atoms with Gasteiger partial charge >= 0.3 is 5.97 Å². The van der Waals surface area contributed by atoms with Crippen molar-refractivity contribution in [2.45, 2.75) is 38.1 Å². The molecule has 2 aromatic carbocycles. The smallest absolute Gasteiger partial charge is 0.337 e. The van der Waals surface area contributed by atoms with E-state index in [9.17, 15) is 4.79 Å². The molecular weight excluding hydrogens is 334 g/mol. The summed E-state index contributed by atoms with van der Waals surface area (Å²) in [5.74, 6) is 0.0816. The van der Waals surface area contributed by atoms with Crippen molar-refractivity contribution in [1.82, 2.24) is 0 Å².